The summed E-state index contributed by atoms with van der Waals surface area (Å²) in [4.78, 5) is 0. The fourth-order valence-electron chi connectivity index (χ4n) is 2.37. The van der Waals surface area contributed by atoms with Gasteiger partial charge in [0.25, 0.3) is 0 Å². The molecule has 0 bridgehead atoms. The Balaban J connectivity index is 1.74. The molecule has 0 saturated heterocycles. The Kier molecular flexibility index (Phi) is 3.60. The van der Waals surface area contributed by atoms with E-state index in [0.29, 0.717) is 0 Å². The molecule has 0 aliphatic heterocycles. The Hall–Kier alpha value is -0.340. The van der Waals surface area contributed by atoms with Crippen molar-refractivity contribution >= 4 is 11.3 Å². The molecule has 1 atom stereocenters. The van der Waals surface area contributed by atoms with Crippen molar-refractivity contribution in [2.24, 2.45) is 11.7 Å². The van der Waals surface area contributed by atoms with E-state index in [2.05, 4.69) is 16.8 Å². The molecule has 1 heterocycles. The zero-order chi connectivity index (χ0) is 9.80. The molecule has 14 heavy (non-hydrogen) atoms. The molecule has 1 aliphatic carbocycles. The Bertz CT molecular complexity index is 249. The summed E-state index contributed by atoms with van der Waals surface area (Å²) in [6.07, 6.45) is 8.27. The molecule has 1 nitrogen and oxygen atoms in total. The fraction of sp³-hybridized carbons (Fsp3) is 0.667. The van der Waals surface area contributed by atoms with Crippen LogP contribution in [0.25, 0.3) is 0 Å². The van der Waals surface area contributed by atoms with Gasteiger partial charge in [-0.3, -0.25) is 0 Å². The summed E-state index contributed by atoms with van der Waals surface area (Å²) in [6, 6.07) is 2.44. The molecule has 0 spiro atoms. The zero-order valence-electron chi connectivity index (χ0n) is 8.61. The van der Waals surface area contributed by atoms with Crippen LogP contribution in [0.4, 0.5) is 0 Å². The average molecular weight is 209 g/mol. The summed E-state index contributed by atoms with van der Waals surface area (Å²) < 4.78 is 0. The van der Waals surface area contributed by atoms with Crippen molar-refractivity contribution in [3.8, 4) is 0 Å². The fourth-order valence-corrected chi connectivity index (χ4v) is 3.09. The maximum Gasteiger partial charge on any atom is 0.0303 e. The van der Waals surface area contributed by atoms with E-state index >= 15 is 0 Å². The molecule has 1 fully saturated rings. The molecule has 78 valence electrons. The van der Waals surface area contributed by atoms with E-state index in [-0.39, 0.29) is 6.04 Å². The first-order valence-corrected chi connectivity index (χ1v) is 6.58. The van der Waals surface area contributed by atoms with Crippen molar-refractivity contribution in [3.63, 3.8) is 0 Å². The molecule has 0 radical (unpaired) electrons. The highest BCUT2D eigenvalue weighted by Crippen LogP contribution is 2.31. The molecular weight excluding hydrogens is 190 g/mol. The Labute approximate surface area is 90.3 Å². The monoisotopic (exact) mass is 209 g/mol. The lowest BCUT2D eigenvalue weighted by molar-refractivity contribution is 0.454. The van der Waals surface area contributed by atoms with E-state index in [1.54, 1.807) is 11.3 Å². The van der Waals surface area contributed by atoms with Gasteiger partial charge in [0.2, 0.25) is 0 Å². The van der Waals surface area contributed by atoms with E-state index in [0.717, 1.165) is 5.92 Å². The number of nitrogens with two attached hydrogens (primary N) is 1. The predicted molar refractivity (Wildman–Crippen MR) is 62.4 cm³/mol. The van der Waals surface area contributed by atoms with Crippen LogP contribution in [0.5, 0.6) is 0 Å². The van der Waals surface area contributed by atoms with Crippen LogP contribution in [0.3, 0.4) is 0 Å². The predicted octanol–water partition coefficient (Wildman–Crippen LogP) is 3.72. The van der Waals surface area contributed by atoms with Crippen LogP contribution in [0.15, 0.2) is 16.8 Å². The summed E-state index contributed by atoms with van der Waals surface area (Å²) in [6.45, 7) is 0. The molecule has 2 heteroatoms. The molecule has 1 aliphatic rings. The second kappa shape index (κ2) is 4.94. The van der Waals surface area contributed by atoms with E-state index in [4.69, 9.17) is 5.73 Å². The highest BCUT2D eigenvalue weighted by atomic mass is 32.1. The summed E-state index contributed by atoms with van der Waals surface area (Å²) >= 11 is 1.75. The maximum absolute atomic E-state index is 6.12. The van der Waals surface area contributed by atoms with Crippen molar-refractivity contribution in [2.45, 2.75) is 44.6 Å². The molecule has 2 N–H and O–H groups in total. The van der Waals surface area contributed by atoms with E-state index in [9.17, 15) is 0 Å². The second-order valence-electron chi connectivity index (χ2n) is 4.39. The van der Waals surface area contributed by atoms with Crippen molar-refractivity contribution in [3.05, 3.63) is 22.4 Å². The Morgan fingerprint density at radius 1 is 1.43 bits per heavy atom. The summed E-state index contributed by atoms with van der Waals surface area (Å²) in [7, 11) is 0. The SMILES string of the molecule is NC(CCC1CCCC1)c1ccsc1. The summed E-state index contributed by atoms with van der Waals surface area (Å²) in [5.41, 5.74) is 7.45. The maximum atomic E-state index is 6.12. The van der Waals surface area contributed by atoms with Crippen LogP contribution in [-0.2, 0) is 0 Å². The molecule has 1 aromatic rings. The minimum Gasteiger partial charge on any atom is -0.324 e. The van der Waals surface area contributed by atoms with Gasteiger partial charge in [0.1, 0.15) is 0 Å². The first-order chi connectivity index (χ1) is 6.86. The topological polar surface area (TPSA) is 26.0 Å². The van der Waals surface area contributed by atoms with Gasteiger partial charge in [0, 0.05) is 6.04 Å². The van der Waals surface area contributed by atoms with Crippen molar-refractivity contribution in [1.29, 1.82) is 0 Å². The molecule has 1 aromatic heterocycles. The molecular formula is C12H19NS. The lowest BCUT2D eigenvalue weighted by Gasteiger charge is -2.13. The van der Waals surface area contributed by atoms with Crippen LogP contribution in [0.1, 0.15) is 50.1 Å². The highest BCUT2D eigenvalue weighted by molar-refractivity contribution is 7.07. The van der Waals surface area contributed by atoms with Gasteiger partial charge in [0.05, 0.1) is 0 Å². The third-order valence-corrected chi connectivity index (χ3v) is 4.03. The van der Waals surface area contributed by atoms with Gasteiger partial charge in [-0.1, -0.05) is 25.7 Å². The Morgan fingerprint density at radius 3 is 2.86 bits per heavy atom. The largest absolute Gasteiger partial charge is 0.324 e. The van der Waals surface area contributed by atoms with Gasteiger partial charge in [-0.15, -0.1) is 0 Å². The van der Waals surface area contributed by atoms with Crippen LogP contribution in [-0.4, -0.2) is 0 Å². The smallest absolute Gasteiger partial charge is 0.0303 e. The van der Waals surface area contributed by atoms with Crippen LogP contribution in [0, 0.1) is 5.92 Å². The lowest BCUT2D eigenvalue weighted by Crippen LogP contribution is -2.10. The normalized spacial score (nSPS) is 20.1. The highest BCUT2D eigenvalue weighted by Gasteiger charge is 2.16. The molecule has 0 aromatic carbocycles. The zero-order valence-corrected chi connectivity index (χ0v) is 9.43. The van der Waals surface area contributed by atoms with Crippen LogP contribution in [0.2, 0.25) is 0 Å². The number of hydrogen-bond acceptors (Lipinski definition) is 2. The van der Waals surface area contributed by atoms with Gasteiger partial charge in [-0.25, -0.2) is 0 Å². The molecule has 0 amide bonds. The van der Waals surface area contributed by atoms with Crippen LogP contribution < -0.4 is 5.73 Å². The van der Waals surface area contributed by atoms with E-state index in [1.807, 2.05) is 0 Å². The summed E-state index contributed by atoms with van der Waals surface area (Å²) in [5, 5.41) is 4.30. The van der Waals surface area contributed by atoms with Gasteiger partial charge >= 0.3 is 0 Å². The number of thiophene rings is 1. The second-order valence-corrected chi connectivity index (χ2v) is 5.17. The van der Waals surface area contributed by atoms with Crippen molar-refractivity contribution in [2.75, 3.05) is 0 Å². The van der Waals surface area contributed by atoms with Crippen LogP contribution >= 0.6 is 11.3 Å². The Morgan fingerprint density at radius 2 is 2.21 bits per heavy atom. The van der Waals surface area contributed by atoms with Gasteiger partial charge in [0.15, 0.2) is 0 Å². The lowest BCUT2D eigenvalue weighted by atomic mass is 9.97. The van der Waals surface area contributed by atoms with E-state index in [1.165, 1.54) is 44.1 Å². The minimum atomic E-state index is 0.279. The molecule has 1 saturated carbocycles. The third-order valence-electron chi connectivity index (χ3n) is 3.33. The molecule has 2 rings (SSSR count). The first-order valence-electron chi connectivity index (χ1n) is 5.64. The quantitative estimate of drug-likeness (QED) is 0.803. The standard InChI is InChI=1S/C12H19NS/c13-12(11-7-8-14-9-11)6-5-10-3-1-2-4-10/h7-10,12H,1-6,13H2. The number of rotatable bonds is 4. The summed E-state index contributed by atoms with van der Waals surface area (Å²) in [5.74, 6) is 0.972. The third kappa shape index (κ3) is 2.58. The average Bonchev–Trinajstić information content (AvgIpc) is 2.87. The van der Waals surface area contributed by atoms with Crippen molar-refractivity contribution in [1.82, 2.24) is 0 Å². The first kappa shape index (κ1) is 10.2. The number of hydrogen-bond donors (Lipinski definition) is 1. The van der Waals surface area contributed by atoms with Gasteiger partial charge in [-0.05, 0) is 41.1 Å². The van der Waals surface area contributed by atoms with Gasteiger partial charge in [-0.2, -0.15) is 11.3 Å². The van der Waals surface area contributed by atoms with Crippen molar-refractivity contribution < 1.29 is 0 Å². The molecule has 1 unspecified atom stereocenters. The van der Waals surface area contributed by atoms with Gasteiger partial charge < -0.3 is 5.73 Å². The minimum absolute atomic E-state index is 0.279. The van der Waals surface area contributed by atoms with E-state index < -0.39 is 0 Å².